The highest BCUT2D eigenvalue weighted by molar-refractivity contribution is 6.30. The average Bonchev–Trinajstić information content (AvgIpc) is 2.77. The fourth-order valence-electron chi connectivity index (χ4n) is 3.81. The van der Waals surface area contributed by atoms with Crippen LogP contribution in [-0.4, -0.2) is 79.5 Å². The summed E-state index contributed by atoms with van der Waals surface area (Å²) in [7, 11) is 0. The second-order valence-electron chi connectivity index (χ2n) is 7.35. The topological polar surface area (TPSA) is 174 Å². The Morgan fingerprint density at radius 1 is 0.903 bits per heavy atom. The predicted octanol–water partition coefficient (Wildman–Crippen LogP) is -1.16. The molecule has 1 fully saturated rings. The summed E-state index contributed by atoms with van der Waals surface area (Å²) in [5.74, 6) is -1.93. The van der Waals surface area contributed by atoms with E-state index in [-0.39, 0.29) is 33.6 Å². The molecule has 1 heterocycles. The Labute approximate surface area is 175 Å². The fourth-order valence-corrected chi connectivity index (χ4v) is 3.81. The highest BCUT2D eigenvalue weighted by Gasteiger charge is 2.45. The average molecular weight is 432 g/mol. The van der Waals surface area contributed by atoms with Crippen LogP contribution in [0, 0.1) is 0 Å². The molecule has 31 heavy (non-hydrogen) atoms. The molecule has 1 saturated heterocycles. The Morgan fingerprint density at radius 3 is 2.32 bits per heavy atom. The molecule has 10 heteroatoms. The van der Waals surface area contributed by atoms with Gasteiger partial charge in [-0.05, 0) is 23.8 Å². The number of rotatable bonds is 4. The fraction of sp³-hybridized carbons (Fsp3) is 0.333. The molecule has 164 valence electrons. The molecule has 0 radical (unpaired) electrons. The van der Waals surface area contributed by atoms with Crippen LogP contribution >= 0.6 is 0 Å². The van der Waals surface area contributed by atoms with E-state index in [4.69, 9.17) is 9.47 Å². The summed E-state index contributed by atoms with van der Waals surface area (Å²) in [5, 5.41) is 59.0. The first-order valence-corrected chi connectivity index (χ1v) is 9.44. The van der Waals surface area contributed by atoms with Crippen molar-refractivity contribution in [2.75, 3.05) is 6.61 Å². The van der Waals surface area contributed by atoms with E-state index in [0.717, 1.165) is 0 Å². The highest BCUT2D eigenvalue weighted by atomic mass is 16.7. The first-order valence-electron chi connectivity index (χ1n) is 9.44. The molecule has 1 aliphatic carbocycles. The van der Waals surface area contributed by atoms with Gasteiger partial charge in [0.2, 0.25) is 12.1 Å². The maximum Gasteiger partial charge on any atom is 0.229 e. The van der Waals surface area contributed by atoms with Gasteiger partial charge >= 0.3 is 0 Å². The molecule has 4 rings (SSSR count). The molecular formula is C21H20O10. The second kappa shape index (κ2) is 8.00. The summed E-state index contributed by atoms with van der Waals surface area (Å²) < 4.78 is 10.9. The minimum Gasteiger partial charge on any atom is -0.507 e. The Hall–Kier alpha value is -2.86. The number of ether oxygens (including phenoxy) is 2. The molecule has 0 aromatic heterocycles. The van der Waals surface area contributed by atoms with Crippen LogP contribution in [0.15, 0.2) is 30.3 Å². The number of carbonyl (C=O) groups excluding carboxylic acids is 2. The smallest absolute Gasteiger partial charge is 0.229 e. The van der Waals surface area contributed by atoms with Crippen LogP contribution in [0.1, 0.15) is 37.4 Å². The number of carbonyl (C=O) groups is 2. The van der Waals surface area contributed by atoms with Crippen molar-refractivity contribution in [1.29, 1.82) is 0 Å². The van der Waals surface area contributed by atoms with Crippen molar-refractivity contribution < 1.29 is 49.7 Å². The lowest BCUT2D eigenvalue weighted by Crippen LogP contribution is -2.60. The monoisotopic (exact) mass is 432 g/mol. The summed E-state index contributed by atoms with van der Waals surface area (Å²) in [6.07, 6.45) is -7.76. The van der Waals surface area contributed by atoms with E-state index in [1.807, 2.05) is 0 Å². The van der Waals surface area contributed by atoms with E-state index in [1.165, 1.54) is 30.3 Å². The summed E-state index contributed by atoms with van der Waals surface area (Å²) in [6, 6.07) is 6.67. The number of aliphatic hydroxyl groups excluding tert-OH is 5. The van der Waals surface area contributed by atoms with Gasteiger partial charge in [-0.3, -0.25) is 9.59 Å². The van der Waals surface area contributed by atoms with Crippen LogP contribution in [-0.2, 0) is 11.3 Å². The number of hydrogen-bond acceptors (Lipinski definition) is 10. The second-order valence-corrected chi connectivity index (χ2v) is 7.35. The largest absolute Gasteiger partial charge is 0.507 e. The minimum atomic E-state index is -1.71. The molecule has 6 N–H and O–H groups in total. The lowest BCUT2D eigenvalue weighted by atomic mass is 9.82. The number of ketones is 2. The van der Waals surface area contributed by atoms with Crippen LogP contribution in [0.2, 0.25) is 0 Å². The number of hydrogen-bond donors (Lipinski definition) is 6. The molecule has 10 nitrogen and oxygen atoms in total. The van der Waals surface area contributed by atoms with Gasteiger partial charge in [0.05, 0.1) is 24.3 Å². The molecular weight excluding hydrogens is 412 g/mol. The SMILES string of the molecule is O=C1c2cc(CO)cc(O)c2C(=O)c2c(O[C@@H]3O[C@H](CO)[C@@H](O)[C@H](O)[C@H]3O)cccc21. The van der Waals surface area contributed by atoms with E-state index in [1.54, 1.807) is 0 Å². The van der Waals surface area contributed by atoms with E-state index in [2.05, 4.69) is 0 Å². The van der Waals surface area contributed by atoms with Gasteiger partial charge in [0, 0.05) is 11.1 Å². The zero-order valence-electron chi connectivity index (χ0n) is 16.0. The van der Waals surface area contributed by atoms with Crippen LogP contribution in [0.4, 0.5) is 0 Å². The van der Waals surface area contributed by atoms with Crippen LogP contribution in [0.3, 0.4) is 0 Å². The highest BCUT2D eigenvalue weighted by Crippen LogP contribution is 2.38. The summed E-state index contributed by atoms with van der Waals surface area (Å²) in [6.45, 7) is -1.10. The van der Waals surface area contributed by atoms with Gasteiger partial charge in [-0.25, -0.2) is 0 Å². The normalized spacial score (nSPS) is 27.6. The zero-order chi connectivity index (χ0) is 22.4. The van der Waals surface area contributed by atoms with Gasteiger partial charge in [-0.1, -0.05) is 12.1 Å². The third kappa shape index (κ3) is 3.39. The van der Waals surface area contributed by atoms with Gasteiger partial charge in [0.1, 0.15) is 35.9 Å². The molecule has 0 spiro atoms. The molecule has 0 saturated carbocycles. The van der Waals surface area contributed by atoms with Gasteiger partial charge in [0.15, 0.2) is 5.78 Å². The Morgan fingerprint density at radius 2 is 1.65 bits per heavy atom. The van der Waals surface area contributed by atoms with E-state index >= 15 is 0 Å². The maximum atomic E-state index is 13.2. The Balaban J connectivity index is 1.75. The third-order valence-electron chi connectivity index (χ3n) is 5.42. The molecule has 0 amide bonds. The number of aromatic hydroxyl groups is 1. The summed E-state index contributed by atoms with van der Waals surface area (Å²) in [4.78, 5) is 26.2. The van der Waals surface area contributed by atoms with Crippen molar-refractivity contribution in [3.8, 4) is 11.5 Å². The number of phenols is 1. The van der Waals surface area contributed by atoms with E-state index < -0.39 is 61.2 Å². The first-order chi connectivity index (χ1) is 14.8. The Kier molecular flexibility index (Phi) is 5.52. The van der Waals surface area contributed by atoms with Crippen molar-refractivity contribution in [2.45, 2.75) is 37.3 Å². The summed E-state index contributed by atoms with van der Waals surface area (Å²) >= 11 is 0. The molecule has 0 bridgehead atoms. The summed E-state index contributed by atoms with van der Waals surface area (Å²) in [5.41, 5.74) is -0.251. The zero-order valence-corrected chi connectivity index (χ0v) is 16.0. The van der Waals surface area contributed by atoms with Crippen LogP contribution in [0.25, 0.3) is 0 Å². The number of aliphatic hydroxyl groups is 5. The number of phenolic OH excluding ortho intramolecular Hbond substituents is 1. The maximum absolute atomic E-state index is 13.2. The van der Waals surface area contributed by atoms with Crippen molar-refractivity contribution in [3.63, 3.8) is 0 Å². The van der Waals surface area contributed by atoms with E-state index in [0.29, 0.717) is 0 Å². The minimum absolute atomic E-state index is 0.0194. The first kappa shape index (κ1) is 21.4. The quantitative estimate of drug-likeness (QED) is 0.295. The molecule has 5 atom stereocenters. The van der Waals surface area contributed by atoms with Crippen LogP contribution in [0.5, 0.6) is 11.5 Å². The number of benzene rings is 2. The number of fused-ring (bicyclic) bond motifs is 2. The van der Waals surface area contributed by atoms with Gasteiger partial charge in [-0.2, -0.15) is 0 Å². The molecule has 1 aliphatic heterocycles. The standard InChI is InChI=1S/C21H20O10/c22-6-8-4-10-14(11(24)5-8)18(27)15-9(16(10)25)2-1-3-12(15)30-21-20(29)19(28)17(26)13(7-23)31-21/h1-5,13,17,19-24,26,28-29H,6-7H2/t13-,17-,19+,20-,21-/m1/s1. The van der Waals surface area contributed by atoms with E-state index in [9.17, 15) is 40.2 Å². The lowest BCUT2D eigenvalue weighted by molar-refractivity contribution is -0.277. The third-order valence-corrected chi connectivity index (χ3v) is 5.42. The van der Waals surface area contributed by atoms with Crippen LogP contribution < -0.4 is 4.74 Å². The molecule has 2 aliphatic rings. The van der Waals surface area contributed by atoms with Gasteiger partial charge in [0.25, 0.3) is 0 Å². The van der Waals surface area contributed by atoms with Crippen molar-refractivity contribution in [2.24, 2.45) is 0 Å². The van der Waals surface area contributed by atoms with Crippen molar-refractivity contribution in [1.82, 2.24) is 0 Å². The van der Waals surface area contributed by atoms with Crippen molar-refractivity contribution >= 4 is 11.6 Å². The Bertz CT molecular complexity index is 1050. The van der Waals surface area contributed by atoms with Gasteiger partial charge < -0.3 is 40.1 Å². The van der Waals surface area contributed by atoms with Crippen molar-refractivity contribution in [3.05, 3.63) is 58.1 Å². The molecule has 0 unspecified atom stereocenters. The van der Waals surface area contributed by atoms with Gasteiger partial charge in [-0.15, -0.1) is 0 Å². The molecule has 2 aromatic rings. The lowest BCUT2D eigenvalue weighted by Gasteiger charge is -2.39. The molecule has 2 aromatic carbocycles. The predicted molar refractivity (Wildman–Crippen MR) is 102 cm³/mol.